The summed E-state index contributed by atoms with van der Waals surface area (Å²) in [6.07, 6.45) is 3.83. The summed E-state index contributed by atoms with van der Waals surface area (Å²) in [5.41, 5.74) is 2.73. The molecule has 2 aliphatic heterocycles. The molecule has 1 atom stereocenters. The second-order valence-corrected chi connectivity index (χ2v) is 6.28. The summed E-state index contributed by atoms with van der Waals surface area (Å²) >= 11 is 0. The second kappa shape index (κ2) is 5.61. The average molecular weight is 311 g/mol. The molecular formula is C17H21N5O. The van der Waals surface area contributed by atoms with Crippen LogP contribution in [0.3, 0.4) is 0 Å². The van der Waals surface area contributed by atoms with Gasteiger partial charge in [-0.1, -0.05) is 18.2 Å². The molecule has 3 heterocycles. The SMILES string of the molecule is Cn1ccc(NC(=O)N2CCCN3c4ccccc4CC3C2)n1. The highest BCUT2D eigenvalue weighted by Crippen LogP contribution is 2.33. The molecule has 2 amide bonds. The highest BCUT2D eigenvalue weighted by molar-refractivity contribution is 5.88. The predicted octanol–water partition coefficient (Wildman–Crippen LogP) is 2.09. The number of aryl methyl sites for hydroxylation is 1. The highest BCUT2D eigenvalue weighted by atomic mass is 16.2. The Balaban J connectivity index is 1.47. The first-order valence-electron chi connectivity index (χ1n) is 8.11. The van der Waals surface area contributed by atoms with Gasteiger partial charge < -0.3 is 9.80 Å². The Morgan fingerprint density at radius 3 is 2.96 bits per heavy atom. The van der Waals surface area contributed by atoms with Crippen molar-refractivity contribution in [2.75, 3.05) is 29.9 Å². The number of hydrogen-bond donors (Lipinski definition) is 1. The number of carbonyl (C=O) groups is 1. The number of benzene rings is 1. The van der Waals surface area contributed by atoms with E-state index in [2.05, 4.69) is 39.6 Å². The predicted molar refractivity (Wildman–Crippen MR) is 89.7 cm³/mol. The van der Waals surface area contributed by atoms with E-state index in [1.54, 1.807) is 4.68 Å². The van der Waals surface area contributed by atoms with Crippen LogP contribution in [0.5, 0.6) is 0 Å². The van der Waals surface area contributed by atoms with Gasteiger partial charge in [0.05, 0.1) is 6.04 Å². The highest BCUT2D eigenvalue weighted by Gasteiger charge is 2.33. The van der Waals surface area contributed by atoms with Crippen LogP contribution in [0.15, 0.2) is 36.5 Å². The fraction of sp³-hybridized carbons (Fsp3) is 0.412. The van der Waals surface area contributed by atoms with Crippen LogP contribution >= 0.6 is 0 Å². The molecule has 1 N–H and O–H groups in total. The van der Waals surface area contributed by atoms with Crippen molar-refractivity contribution < 1.29 is 4.79 Å². The van der Waals surface area contributed by atoms with Gasteiger partial charge in [0.25, 0.3) is 0 Å². The molecule has 1 aromatic heterocycles. The number of rotatable bonds is 1. The molecule has 0 radical (unpaired) electrons. The first-order valence-corrected chi connectivity index (χ1v) is 8.11. The molecule has 1 unspecified atom stereocenters. The molecule has 4 rings (SSSR count). The summed E-state index contributed by atoms with van der Waals surface area (Å²) in [6.45, 7) is 2.55. The van der Waals surface area contributed by atoms with Crippen LogP contribution < -0.4 is 10.2 Å². The van der Waals surface area contributed by atoms with Gasteiger partial charge in [-0.05, 0) is 24.5 Å². The summed E-state index contributed by atoms with van der Waals surface area (Å²) in [5, 5.41) is 7.11. The molecule has 1 saturated heterocycles. The number of carbonyl (C=O) groups excluding carboxylic acids is 1. The van der Waals surface area contributed by atoms with E-state index in [-0.39, 0.29) is 6.03 Å². The number of nitrogens with zero attached hydrogens (tertiary/aromatic N) is 4. The van der Waals surface area contributed by atoms with Crippen LogP contribution in [0.1, 0.15) is 12.0 Å². The lowest BCUT2D eigenvalue weighted by molar-refractivity contribution is 0.211. The van der Waals surface area contributed by atoms with Gasteiger partial charge in [0, 0.05) is 44.6 Å². The topological polar surface area (TPSA) is 53.4 Å². The Labute approximate surface area is 135 Å². The second-order valence-electron chi connectivity index (χ2n) is 6.28. The van der Waals surface area contributed by atoms with Gasteiger partial charge in [0.2, 0.25) is 0 Å². The lowest BCUT2D eigenvalue weighted by Crippen LogP contribution is -2.43. The summed E-state index contributed by atoms with van der Waals surface area (Å²) in [7, 11) is 1.84. The molecule has 23 heavy (non-hydrogen) atoms. The van der Waals surface area contributed by atoms with E-state index in [0.717, 1.165) is 32.5 Å². The Morgan fingerprint density at radius 1 is 1.26 bits per heavy atom. The third kappa shape index (κ3) is 2.65. The normalized spacial score (nSPS) is 20.0. The molecule has 0 spiro atoms. The molecular weight excluding hydrogens is 290 g/mol. The number of amides is 2. The van der Waals surface area contributed by atoms with E-state index in [1.165, 1.54) is 11.3 Å². The Kier molecular flexibility index (Phi) is 3.44. The van der Waals surface area contributed by atoms with Crippen LogP contribution in [0.2, 0.25) is 0 Å². The maximum absolute atomic E-state index is 12.5. The zero-order chi connectivity index (χ0) is 15.8. The van der Waals surface area contributed by atoms with Gasteiger partial charge in [0.1, 0.15) is 0 Å². The average Bonchev–Trinajstić information content (AvgIpc) is 3.03. The van der Waals surface area contributed by atoms with Crippen LogP contribution in [0.4, 0.5) is 16.3 Å². The van der Waals surface area contributed by atoms with E-state index in [4.69, 9.17) is 0 Å². The molecule has 120 valence electrons. The first-order chi connectivity index (χ1) is 11.2. The summed E-state index contributed by atoms with van der Waals surface area (Å²) in [5.74, 6) is 0.605. The number of fused-ring (bicyclic) bond motifs is 3. The number of aromatic nitrogens is 2. The van der Waals surface area contributed by atoms with Crippen LogP contribution in [-0.4, -0.2) is 46.4 Å². The fourth-order valence-corrected chi connectivity index (χ4v) is 3.62. The monoisotopic (exact) mass is 311 g/mol. The lowest BCUT2D eigenvalue weighted by atomic mass is 10.1. The van der Waals surface area contributed by atoms with Crippen LogP contribution in [0, 0.1) is 0 Å². The van der Waals surface area contributed by atoms with E-state index < -0.39 is 0 Å². The van der Waals surface area contributed by atoms with Gasteiger partial charge in [-0.25, -0.2) is 4.79 Å². The number of nitrogens with one attached hydrogen (secondary N) is 1. The quantitative estimate of drug-likeness (QED) is 0.877. The summed E-state index contributed by atoms with van der Waals surface area (Å²) in [4.78, 5) is 16.9. The van der Waals surface area contributed by atoms with Crippen molar-refractivity contribution in [1.82, 2.24) is 14.7 Å². The van der Waals surface area contributed by atoms with Gasteiger partial charge in [-0.3, -0.25) is 10.00 Å². The summed E-state index contributed by atoms with van der Waals surface area (Å²) in [6, 6.07) is 10.7. The molecule has 0 aliphatic carbocycles. The summed E-state index contributed by atoms with van der Waals surface area (Å²) < 4.78 is 1.69. The third-order valence-corrected chi connectivity index (χ3v) is 4.69. The first kappa shape index (κ1) is 14.1. The Bertz CT molecular complexity index is 725. The molecule has 6 heteroatoms. The molecule has 1 fully saturated rings. The zero-order valence-electron chi connectivity index (χ0n) is 13.3. The molecule has 1 aromatic carbocycles. The van der Waals surface area contributed by atoms with Crippen molar-refractivity contribution in [2.24, 2.45) is 7.05 Å². The van der Waals surface area contributed by atoms with E-state index in [1.807, 2.05) is 24.2 Å². The number of urea groups is 1. The maximum atomic E-state index is 12.5. The standard InChI is InChI=1S/C17H21N5O/c1-20-10-7-16(19-20)18-17(23)21-8-4-9-22-14(12-21)11-13-5-2-3-6-15(13)22/h2-3,5-7,10,14H,4,8-9,11-12H2,1H3,(H,18,19,23). The van der Waals surface area contributed by atoms with Crippen LogP contribution in [0.25, 0.3) is 0 Å². The molecule has 2 aliphatic rings. The molecule has 0 saturated carbocycles. The van der Waals surface area contributed by atoms with Crippen molar-refractivity contribution in [3.05, 3.63) is 42.1 Å². The van der Waals surface area contributed by atoms with Gasteiger partial charge in [-0.2, -0.15) is 5.10 Å². The van der Waals surface area contributed by atoms with Gasteiger partial charge >= 0.3 is 6.03 Å². The van der Waals surface area contributed by atoms with Crippen molar-refractivity contribution >= 4 is 17.5 Å². The minimum Gasteiger partial charge on any atom is -0.366 e. The van der Waals surface area contributed by atoms with Gasteiger partial charge in [0.15, 0.2) is 5.82 Å². The van der Waals surface area contributed by atoms with Gasteiger partial charge in [-0.15, -0.1) is 0 Å². The van der Waals surface area contributed by atoms with Crippen molar-refractivity contribution in [2.45, 2.75) is 18.9 Å². The van der Waals surface area contributed by atoms with E-state index >= 15 is 0 Å². The minimum absolute atomic E-state index is 0.0542. The number of hydrogen-bond acceptors (Lipinski definition) is 3. The molecule has 6 nitrogen and oxygen atoms in total. The third-order valence-electron chi connectivity index (χ3n) is 4.69. The Morgan fingerprint density at radius 2 is 2.13 bits per heavy atom. The van der Waals surface area contributed by atoms with Crippen molar-refractivity contribution in [1.29, 1.82) is 0 Å². The largest absolute Gasteiger partial charge is 0.366 e. The van der Waals surface area contributed by atoms with Crippen molar-refractivity contribution in [3.63, 3.8) is 0 Å². The molecule has 2 aromatic rings. The van der Waals surface area contributed by atoms with Crippen molar-refractivity contribution in [3.8, 4) is 0 Å². The maximum Gasteiger partial charge on any atom is 0.323 e. The number of anilines is 2. The number of para-hydroxylation sites is 1. The van der Waals surface area contributed by atoms with E-state index in [0.29, 0.717) is 11.9 Å². The van der Waals surface area contributed by atoms with Crippen LogP contribution in [-0.2, 0) is 13.5 Å². The Hall–Kier alpha value is -2.50. The fourth-order valence-electron chi connectivity index (χ4n) is 3.62. The minimum atomic E-state index is -0.0542. The van der Waals surface area contributed by atoms with E-state index in [9.17, 15) is 4.79 Å². The zero-order valence-corrected chi connectivity index (χ0v) is 13.3. The lowest BCUT2D eigenvalue weighted by Gasteiger charge is -2.27. The molecule has 0 bridgehead atoms. The smallest absolute Gasteiger partial charge is 0.323 e.